The summed E-state index contributed by atoms with van der Waals surface area (Å²) in [6, 6.07) is 5.83. The van der Waals surface area contributed by atoms with Crippen LogP contribution in [0.15, 0.2) is 52.8 Å². The average Bonchev–Trinajstić information content (AvgIpc) is 3.70. The number of hydrogen-bond donors (Lipinski definition) is 2. The Balaban J connectivity index is 0.00000181. The Morgan fingerprint density at radius 2 is 2.00 bits per heavy atom. The molecule has 12 heteroatoms. The number of aromatic nitrogens is 3. The number of halogens is 2. The zero-order valence-corrected chi connectivity index (χ0v) is 23.9. The molecular formula is C28H28ClFN6O3S. The van der Waals surface area contributed by atoms with Gasteiger partial charge in [-0.15, -0.1) is 0 Å². The molecule has 1 fully saturated rings. The molecule has 3 aromatic rings. The molecule has 5 rings (SSSR count). The monoisotopic (exact) mass is 582 g/mol. The van der Waals surface area contributed by atoms with Gasteiger partial charge in [-0.05, 0) is 49.7 Å². The minimum absolute atomic E-state index is 0.154. The summed E-state index contributed by atoms with van der Waals surface area (Å²) in [6.45, 7) is 5.36. The molecule has 1 amide bonds. The number of hydrogen-bond acceptors (Lipinski definition) is 8. The summed E-state index contributed by atoms with van der Waals surface area (Å²) in [4.78, 5) is 34.4. The van der Waals surface area contributed by atoms with E-state index in [-0.39, 0.29) is 28.0 Å². The predicted octanol–water partition coefficient (Wildman–Crippen LogP) is 5.09. The number of hydrazone groups is 1. The maximum Gasteiger partial charge on any atom is 0.259 e. The van der Waals surface area contributed by atoms with Crippen LogP contribution in [0.5, 0.6) is 5.75 Å². The fourth-order valence-electron chi connectivity index (χ4n) is 3.66. The summed E-state index contributed by atoms with van der Waals surface area (Å²) in [5, 5.41) is 7.37. The number of rotatable bonds is 5. The highest BCUT2D eigenvalue weighted by Gasteiger charge is 2.25. The summed E-state index contributed by atoms with van der Waals surface area (Å²) in [5.74, 6) is 6.75. The lowest BCUT2D eigenvalue weighted by Gasteiger charge is -2.16. The fourth-order valence-corrected chi connectivity index (χ4v) is 4.53. The van der Waals surface area contributed by atoms with Crippen molar-refractivity contribution in [2.45, 2.75) is 45.2 Å². The van der Waals surface area contributed by atoms with Crippen LogP contribution in [-0.2, 0) is 0 Å². The minimum Gasteiger partial charge on any atom is -0.494 e. The molecule has 2 unspecified atom stereocenters. The van der Waals surface area contributed by atoms with Crippen LogP contribution in [-0.4, -0.2) is 38.1 Å². The van der Waals surface area contributed by atoms with Gasteiger partial charge in [0.25, 0.3) is 11.5 Å². The van der Waals surface area contributed by atoms with Gasteiger partial charge in [0, 0.05) is 35.5 Å². The van der Waals surface area contributed by atoms with Crippen molar-refractivity contribution in [1.82, 2.24) is 25.3 Å². The normalized spacial score (nSPS) is 16.4. The highest BCUT2D eigenvalue weighted by atomic mass is 35.5. The number of amidine groups is 1. The van der Waals surface area contributed by atoms with Gasteiger partial charge in [0.05, 0.1) is 29.6 Å². The van der Waals surface area contributed by atoms with Crippen LogP contribution in [0.3, 0.4) is 0 Å². The van der Waals surface area contributed by atoms with Crippen LogP contribution in [0.4, 0.5) is 4.39 Å². The van der Waals surface area contributed by atoms with Crippen LogP contribution >= 0.6 is 23.4 Å². The number of carbonyl (C=O) groups excluding carboxylic acids is 1. The molecule has 2 atom stereocenters. The molecule has 2 N–H and O–H groups in total. The van der Waals surface area contributed by atoms with E-state index in [1.807, 2.05) is 13.8 Å². The van der Waals surface area contributed by atoms with Crippen molar-refractivity contribution in [3.05, 3.63) is 69.5 Å². The highest BCUT2D eigenvalue weighted by Crippen LogP contribution is 2.35. The quantitative estimate of drug-likeness (QED) is 0.403. The lowest BCUT2D eigenvalue weighted by molar-refractivity contribution is 0.0978. The first-order valence-electron chi connectivity index (χ1n) is 12.7. The first-order chi connectivity index (χ1) is 19.3. The van der Waals surface area contributed by atoms with E-state index in [0.717, 1.165) is 12.8 Å². The van der Waals surface area contributed by atoms with Crippen LogP contribution in [0.25, 0.3) is 16.9 Å². The Morgan fingerprint density at radius 1 is 1.23 bits per heavy atom. The van der Waals surface area contributed by atoms with E-state index < -0.39 is 12.1 Å². The summed E-state index contributed by atoms with van der Waals surface area (Å²) in [5.41, 5.74) is 3.59. The summed E-state index contributed by atoms with van der Waals surface area (Å²) in [6.07, 6.45) is 5.01. The Kier molecular flexibility index (Phi) is 9.45. The number of alkyl halides is 1. The van der Waals surface area contributed by atoms with Gasteiger partial charge in [-0.25, -0.2) is 9.37 Å². The molecule has 0 aromatic carbocycles. The van der Waals surface area contributed by atoms with Gasteiger partial charge in [-0.1, -0.05) is 37.3 Å². The van der Waals surface area contributed by atoms with Crippen molar-refractivity contribution in [3.63, 3.8) is 0 Å². The van der Waals surface area contributed by atoms with Gasteiger partial charge in [-0.3, -0.25) is 29.9 Å². The van der Waals surface area contributed by atoms with Crippen molar-refractivity contribution in [2.24, 2.45) is 11.0 Å². The van der Waals surface area contributed by atoms with Crippen LogP contribution in [0.1, 0.15) is 55.8 Å². The van der Waals surface area contributed by atoms with E-state index in [2.05, 4.69) is 37.7 Å². The standard InChI is InChI=1S/C26H22ClFN6O3S.C2H6/c1-14(28)20-9-18(21(37-2)12-29-20)17-10-22(34-13-16(27)6-8-24(34)35)30-11-19(17)25(36)31-26-33-32-23(38-26)7-5-15-3-4-15;1-2/h6,8-15,23,32H,3-4H2,1-2H3,(H,31,33,36);1-2H3. The third kappa shape index (κ3) is 6.81. The number of carbonyl (C=O) groups is 1. The Hall–Kier alpha value is -3.88. The molecule has 0 bridgehead atoms. The molecule has 0 spiro atoms. The molecule has 0 radical (unpaired) electrons. The second kappa shape index (κ2) is 13.0. The third-order valence-electron chi connectivity index (χ3n) is 5.79. The second-order valence-corrected chi connectivity index (χ2v) is 10.2. The van der Waals surface area contributed by atoms with Gasteiger partial charge in [0.1, 0.15) is 17.7 Å². The first kappa shape index (κ1) is 29.1. The van der Waals surface area contributed by atoms with Crippen molar-refractivity contribution in [2.75, 3.05) is 7.11 Å². The number of pyridine rings is 3. The summed E-state index contributed by atoms with van der Waals surface area (Å²) >= 11 is 7.40. The summed E-state index contributed by atoms with van der Waals surface area (Å²) in [7, 11) is 1.45. The second-order valence-electron chi connectivity index (χ2n) is 8.63. The lowest BCUT2D eigenvalue weighted by Crippen LogP contribution is -2.28. The van der Waals surface area contributed by atoms with Crippen LogP contribution in [0.2, 0.25) is 5.02 Å². The van der Waals surface area contributed by atoms with Crippen LogP contribution < -0.4 is 21.0 Å². The topological polar surface area (TPSA) is 111 Å². The van der Waals surface area contributed by atoms with Gasteiger partial charge in [-0.2, -0.15) is 5.10 Å². The van der Waals surface area contributed by atoms with Gasteiger partial charge < -0.3 is 4.74 Å². The highest BCUT2D eigenvalue weighted by molar-refractivity contribution is 8.14. The maximum atomic E-state index is 14.2. The zero-order chi connectivity index (χ0) is 28.8. The van der Waals surface area contributed by atoms with Gasteiger partial charge >= 0.3 is 0 Å². The van der Waals surface area contributed by atoms with Gasteiger partial charge in [0.2, 0.25) is 0 Å². The molecule has 1 saturated carbocycles. The first-order valence-corrected chi connectivity index (χ1v) is 14.0. The zero-order valence-electron chi connectivity index (χ0n) is 22.4. The Labute approximate surface area is 240 Å². The molecule has 3 aromatic heterocycles. The molecular weight excluding hydrogens is 555 g/mol. The average molecular weight is 583 g/mol. The number of ether oxygens (including phenoxy) is 1. The molecule has 2 aliphatic rings. The van der Waals surface area contributed by atoms with E-state index in [1.54, 1.807) is 6.07 Å². The molecule has 9 nitrogen and oxygen atoms in total. The molecule has 40 heavy (non-hydrogen) atoms. The lowest BCUT2D eigenvalue weighted by atomic mass is 9.99. The van der Waals surface area contributed by atoms with E-state index in [4.69, 9.17) is 16.3 Å². The predicted molar refractivity (Wildman–Crippen MR) is 155 cm³/mol. The minimum atomic E-state index is -1.36. The molecule has 1 aliphatic heterocycles. The van der Waals surface area contributed by atoms with E-state index in [0.29, 0.717) is 33.0 Å². The van der Waals surface area contributed by atoms with Crippen molar-refractivity contribution < 1.29 is 13.9 Å². The van der Waals surface area contributed by atoms with Crippen molar-refractivity contribution in [3.8, 4) is 34.5 Å². The maximum absolute atomic E-state index is 14.2. The largest absolute Gasteiger partial charge is 0.494 e. The third-order valence-corrected chi connectivity index (χ3v) is 6.89. The van der Waals surface area contributed by atoms with E-state index >= 15 is 0 Å². The van der Waals surface area contributed by atoms with Crippen molar-refractivity contribution >= 4 is 34.4 Å². The van der Waals surface area contributed by atoms with Gasteiger partial charge in [0.15, 0.2) is 10.5 Å². The van der Waals surface area contributed by atoms with E-state index in [9.17, 15) is 14.0 Å². The number of amides is 1. The Morgan fingerprint density at radius 3 is 2.70 bits per heavy atom. The molecule has 1 aliphatic carbocycles. The summed E-state index contributed by atoms with van der Waals surface area (Å²) < 4.78 is 20.9. The smallest absolute Gasteiger partial charge is 0.259 e. The molecule has 4 heterocycles. The van der Waals surface area contributed by atoms with Crippen molar-refractivity contribution in [1.29, 1.82) is 0 Å². The SMILES string of the molecule is CC.COc1cnc(C(C)F)cc1-c1cc(-n2cc(Cl)ccc2=O)ncc1C(=O)NC1=NNC(C#CC2CC2)S1. The number of nitrogens with zero attached hydrogens (tertiary/aromatic N) is 4. The fraction of sp³-hybridized carbons (Fsp3) is 0.321. The molecule has 0 saturated heterocycles. The number of nitrogens with one attached hydrogen (secondary N) is 2. The Bertz CT molecular complexity index is 1560. The molecule has 208 valence electrons. The van der Waals surface area contributed by atoms with E-state index in [1.165, 1.54) is 67.2 Å². The number of thioether (sulfide) groups is 1. The van der Waals surface area contributed by atoms with Crippen LogP contribution in [0, 0.1) is 17.8 Å². The number of methoxy groups -OCH3 is 1.